The van der Waals surface area contributed by atoms with Crippen LogP contribution in [0.4, 0.5) is 5.82 Å². The van der Waals surface area contributed by atoms with Crippen molar-refractivity contribution < 1.29 is 9.32 Å². The van der Waals surface area contributed by atoms with Crippen molar-refractivity contribution in [2.75, 3.05) is 18.4 Å². The van der Waals surface area contributed by atoms with Gasteiger partial charge in [-0.15, -0.1) is 0 Å². The van der Waals surface area contributed by atoms with Crippen LogP contribution < -0.4 is 10.6 Å². The van der Waals surface area contributed by atoms with Crippen LogP contribution in [0.1, 0.15) is 29.7 Å². The lowest BCUT2D eigenvalue weighted by Crippen LogP contribution is -2.27. The van der Waals surface area contributed by atoms with Crippen LogP contribution in [0, 0.1) is 0 Å². The van der Waals surface area contributed by atoms with Gasteiger partial charge in [0.1, 0.15) is 11.5 Å². The molecule has 0 atom stereocenters. The van der Waals surface area contributed by atoms with Gasteiger partial charge in [0.05, 0.1) is 12.4 Å². The lowest BCUT2D eigenvalue weighted by Gasteiger charge is -2.06. The number of nitrogens with one attached hydrogen (secondary N) is 2. The topological polar surface area (TPSA) is 106 Å². The summed E-state index contributed by atoms with van der Waals surface area (Å²) in [5, 5.41) is 9.29. The predicted molar refractivity (Wildman–Crippen MR) is 71.1 cm³/mol. The summed E-state index contributed by atoms with van der Waals surface area (Å²) >= 11 is 0. The van der Waals surface area contributed by atoms with E-state index in [2.05, 4.69) is 37.7 Å². The number of rotatable bonds is 7. The highest BCUT2D eigenvalue weighted by molar-refractivity contribution is 5.92. The van der Waals surface area contributed by atoms with Crippen molar-refractivity contribution in [2.45, 2.75) is 19.8 Å². The molecule has 0 unspecified atom stereocenters. The summed E-state index contributed by atoms with van der Waals surface area (Å²) in [6, 6.07) is 0. The minimum atomic E-state index is -0.280. The number of hydrogen-bond donors (Lipinski definition) is 2. The fourth-order valence-corrected chi connectivity index (χ4v) is 1.49. The molecule has 2 rings (SSSR count). The maximum Gasteiger partial charge on any atom is 0.271 e. The number of hydrogen-bond acceptors (Lipinski definition) is 7. The average Bonchev–Trinajstić information content (AvgIpc) is 2.98. The summed E-state index contributed by atoms with van der Waals surface area (Å²) in [6.45, 7) is 3.24. The van der Waals surface area contributed by atoms with Crippen molar-refractivity contribution in [3.8, 4) is 0 Å². The first-order valence-corrected chi connectivity index (χ1v) is 6.39. The maximum atomic E-state index is 11.9. The quantitative estimate of drug-likeness (QED) is 0.764. The maximum absolute atomic E-state index is 11.9. The highest BCUT2D eigenvalue weighted by Crippen LogP contribution is 2.02. The number of anilines is 1. The number of carbonyl (C=O) groups excluding carboxylic acids is 1. The van der Waals surface area contributed by atoms with Gasteiger partial charge in [0.15, 0.2) is 6.33 Å². The Kier molecular flexibility index (Phi) is 4.99. The Morgan fingerprint density at radius 2 is 2.25 bits per heavy atom. The van der Waals surface area contributed by atoms with Crippen LogP contribution in [0.2, 0.25) is 0 Å². The summed E-state index contributed by atoms with van der Waals surface area (Å²) in [4.78, 5) is 23.9. The third kappa shape index (κ3) is 4.01. The molecule has 0 aliphatic heterocycles. The van der Waals surface area contributed by atoms with Gasteiger partial charge in [-0.1, -0.05) is 12.1 Å². The Morgan fingerprint density at radius 1 is 1.35 bits per heavy atom. The second-order valence-electron chi connectivity index (χ2n) is 4.06. The molecule has 0 saturated carbocycles. The van der Waals surface area contributed by atoms with E-state index in [0.717, 1.165) is 13.0 Å². The van der Waals surface area contributed by atoms with E-state index in [-0.39, 0.29) is 11.6 Å². The molecule has 0 aliphatic rings. The van der Waals surface area contributed by atoms with Crippen LogP contribution in [0.3, 0.4) is 0 Å². The molecule has 20 heavy (non-hydrogen) atoms. The van der Waals surface area contributed by atoms with Gasteiger partial charge in [0.2, 0.25) is 5.89 Å². The minimum Gasteiger partial charge on any atom is -0.369 e. The molecule has 2 aromatic heterocycles. The largest absolute Gasteiger partial charge is 0.369 e. The van der Waals surface area contributed by atoms with E-state index in [1.54, 1.807) is 6.20 Å². The average molecular weight is 276 g/mol. The molecule has 0 saturated heterocycles. The van der Waals surface area contributed by atoms with Gasteiger partial charge in [0, 0.05) is 19.5 Å². The number of amides is 1. The van der Waals surface area contributed by atoms with E-state index in [0.29, 0.717) is 24.7 Å². The third-order valence-electron chi connectivity index (χ3n) is 2.45. The minimum absolute atomic E-state index is 0.275. The molecule has 0 fully saturated rings. The molecule has 0 radical (unpaired) electrons. The van der Waals surface area contributed by atoms with E-state index in [4.69, 9.17) is 4.52 Å². The number of nitrogens with zero attached hydrogens (tertiary/aromatic N) is 4. The van der Waals surface area contributed by atoms with Gasteiger partial charge in [0.25, 0.3) is 5.91 Å². The molecule has 0 aromatic carbocycles. The molecule has 2 heterocycles. The summed E-state index contributed by atoms with van der Waals surface area (Å²) in [6.07, 6.45) is 5.80. The van der Waals surface area contributed by atoms with Crippen molar-refractivity contribution in [1.82, 2.24) is 25.4 Å². The van der Waals surface area contributed by atoms with Crippen molar-refractivity contribution in [1.29, 1.82) is 0 Å². The molecular formula is C12H16N6O2. The van der Waals surface area contributed by atoms with Gasteiger partial charge in [-0.2, -0.15) is 4.98 Å². The van der Waals surface area contributed by atoms with Crippen molar-refractivity contribution in [3.05, 3.63) is 30.3 Å². The van der Waals surface area contributed by atoms with Crippen molar-refractivity contribution in [2.24, 2.45) is 0 Å². The number of aromatic nitrogens is 4. The predicted octanol–water partition coefficient (Wildman–Crippen LogP) is 0.654. The zero-order chi connectivity index (χ0) is 14.2. The zero-order valence-corrected chi connectivity index (χ0v) is 11.2. The van der Waals surface area contributed by atoms with E-state index in [9.17, 15) is 4.79 Å². The van der Waals surface area contributed by atoms with Crippen LogP contribution in [-0.2, 0) is 6.42 Å². The highest BCUT2D eigenvalue weighted by Gasteiger charge is 2.09. The van der Waals surface area contributed by atoms with E-state index in [1.165, 1.54) is 12.5 Å². The van der Waals surface area contributed by atoms with Gasteiger partial charge >= 0.3 is 0 Å². The molecule has 0 spiro atoms. The highest BCUT2D eigenvalue weighted by atomic mass is 16.5. The lowest BCUT2D eigenvalue weighted by atomic mass is 10.3. The van der Waals surface area contributed by atoms with Crippen molar-refractivity contribution >= 4 is 11.7 Å². The Labute approximate surface area is 116 Å². The normalized spacial score (nSPS) is 10.2. The summed E-state index contributed by atoms with van der Waals surface area (Å²) in [5.74, 6) is 0.795. The van der Waals surface area contributed by atoms with Crippen LogP contribution in [-0.4, -0.2) is 39.1 Å². The standard InChI is InChI=1S/C12H16N6O2/c1-2-4-14-10-7-13-6-9(18-10)12(19)15-5-3-11-16-8-17-20-11/h6-8H,2-5H2,1H3,(H,14,18)(H,15,19). The molecular weight excluding hydrogens is 260 g/mol. The van der Waals surface area contributed by atoms with Crippen LogP contribution in [0.5, 0.6) is 0 Å². The van der Waals surface area contributed by atoms with Gasteiger partial charge in [-0.3, -0.25) is 9.78 Å². The molecule has 0 aliphatic carbocycles. The number of carbonyl (C=O) groups is 1. The third-order valence-corrected chi connectivity index (χ3v) is 2.45. The second kappa shape index (κ2) is 7.17. The summed E-state index contributed by atoms with van der Waals surface area (Å²) in [7, 11) is 0. The van der Waals surface area contributed by atoms with Gasteiger partial charge < -0.3 is 15.2 Å². The van der Waals surface area contributed by atoms with E-state index in [1.807, 2.05) is 0 Å². The van der Waals surface area contributed by atoms with E-state index >= 15 is 0 Å². The van der Waals surface area contributed by atoms with Crippen LogP contribution >= 0.6 is 0 Å². The zero-order valence-electron chi connectivity index (χ0n) is 11.2. The Morgan fingerprint density at radius 3 is 3.00 bits per heavy atom. The molecule has 106 valence electrons. The molecule has 2 N–H and O–H groups in total. The summed E-state index contributed by atoms with van der Waals surface area (Å²) < 4.78 is 4.83. The first-order chi connectivity index (χ1) is 9.79. The molecule has 2 aromatic rings. The Bertz CT molecular complexity index is 543. The van der Waals surface area contributed by atoms with E-state index < -0.39 is 0 Å². The first kappa shape index (κ1) is 13.9. The van der Waals surface area contributed by atoms with Gasteiger partial charge in [-0.05, 0) is 6.42 Å². The molecule has 0 bridgehead atoms. The van der Waals surface area contributed by atoms with Crippen LogP contribution in [0.15, 0.2) is 23.2 Å². The fraction of sp³-hybridized carbons (Fsp3) is 0.417. The monoisotopic (exact) mass is 276 g/mol. The lowest BCUT2D eigenvalue weighted by molar-refractivity contribution is 0.0948. The molecule has 8 heteroatoms. The van der Waals surface area contributed by atoms with Crippen LogP contribution in [0.25, 0.3) is 0 Å². The SMILES string of the molecule is CCCNc1cncc(C(=O)NCCc2ncno2)n1. The fourth-order valence-electron chi connectivity index (χ4n) is 1.49. The molecule has 8 nitrogen and oxygen atoms in total. The second-order valence-corrected chi connectivity index (χ2v) is 4.06. The first-order valence-electron chi connectivity index (χ1n) is 6.39. The summed E-state index contributed by atoms with van der Waals surface area (Å²) in [5.41, 5.74) is 0.275. The Balaban J connectivity index is 1.85. The van der Waals surface area contributed by atoms with Gasteiger partial charge in [-0.25, -0.2) is 4.98 Å². The van der Waals surface area contributed by atoms with Crippen molar-refractivity contribution in [3.63, 3.8) is 0 Å². The smallest absolute Gasteiger partial charge is 0.271 e. The molecule has 1 amide bonds. The Hall–Kier alpha value is -2.51.